The summed E-state index contributed by atoms with van der Waals surface area (Å²) >= 11 is 0. The number of hydrogen-bond acceptors (Lipinski definition) is 14. The van der Waals surface area contributed by atoms with Gasteiger partial charge in [0, 0.05) is 58.4 Å². The van der Waals surface area contributed by atoms with Crippen LogP contribution in [0.25, 0.3) is 0 Å². The van der Waals surface area contributed by atoms with Crippen LogP contribution >= 0.6 is 0 Å². The van der Waals surface area contributed by atoms with E-state index in [-0.39, 0.29) is 66.0 Å². The molecule has 0 N–H and O–H groups in total. The van der Waals surface area contributed by atoms with Gasteiger partial charge in [-0.2, -0.15) is 0 Å². The first-order valence-corrected chi connectivity index (χ1v) is 11.3. The monoisotopic (exact) mass is 680 g/mol. The fourth-order valence-electron chi connectivity index (χ4n) is 3.69. The van der Waals surface area contributed by atoms with Crippen LogP contribution in [0.5, 0.6) is 5.75 Å². The van der Waals surface area contributed by atoms with Gasteiger partial charge in [0.15, 0.2) is 0 Å². The first kappa shape index (κ1) is 35.6. The Bertz CT molecular complexity index is 898. The zero-order chi connectivity index (χ0) is 28.0. The zero-order valence-corrected chi connectivity index (χ0v) is 22.9. The summed E-state index contributed by atoms with van der Waals surface area (Å²) in [5, 5.41) is 55.9. The predicted octanol–water partition coefficient (Wildman–Crippen LogP) is -7.35. The van der Waals surface area contributed by atoms with Crippen molar-refractivity contribution in [2.45, 2.75) is 19.4 Å². The van der Waals surface area contributed by atoms with Crippen molar-refractivity contribution in [1.82, 2.24) is 14.7 Å². The molecule has 1 unspecified atom stereocenters. The molecule has 0 saturated carbocycles. The molecule has 1 rings (SSSR count). The third kappa shape index (κ3) is 15.7. The molecule has 0 aromatic heterocycles. The van der Waals surface area contributed by atoms with E-state index in [1.165, 1.54) is 4.90 Å². The molecule has 1 radical (unpaired) electrons. The van der Waals surface area contributed by atoms with E-state index in [0.717, 1.165) is 9.80 Å². The van der Waals surface area contributed by atoms with Crippen molar-refractivity contribution in [3.63, 3.8) is 0 Å². The molecule has 0 bridgehead atoms. The van der Waals surface area contributed by atoms with Crippen molar-refractivity contribution >= 4 is 29.8 Å². The van der Waals surface area contributed by atoms with Crippen LogP contribution in [0.1, 0.15) is 12.5 Å². The molecule has 1 atom stereocenters. The van der Waals surface area contributed by atoms with Gasteiger partial charge in [-0.25, -0.2) is 0 Å². The van der Waals surface area contributed by atoms with Crippen LogP contribution < -0.4 is 30.3 Å². The van der Waals surface area contributed by atoms with Gasteiger partial charge in [-0.3, -0.25) is 14.7 Å². The van der Waals surface area contributed by atoms with Gasteiger partial charge in [0.05, 0.1) is 36.5 Å². The number of hydrogen-bond donors (Lipinski definition) is 0. The van der Waals surface area contributed by atoms with Crippen LogP contribution in [0.15, 0.2) is 24.3 Å². The molecule has 0 heterocycles. The van der Waals surface area contributed by atoms with E-state index in [1.54, 1.807) is 31.2 Å². The molecule has 15 heteroatoms. The molecule has 0 aliphatic heterocycles. The van der Waals surface area contributed by atoms with Crippen molar-refractivity contribution in [2.75, 3.05) is 59.0 Å². The zero-order valence-electron chi connectivity index (χ0n) is 20.6. The molecule has 14 nitrogen and oxygen atoms in total. The standard InChI is InChI=1S/C23H33N3O11.Gd/c1-2-37-18-5-3-16(4-6-18)9-17(26(14-22(33)34)15-23(35)36)10-24(11-19(27)28)7-8-25(12-20(29)30)13-21(31)32;/h3-6,17H,2,7-15H2,1H3,(H,27,28)(H,29,30)(H,31,32)(H,33,34)(H,35,36);/q;+3/p-5. The summed E-state index contributed by atoms with van der Waals surface area (Å²) in [6.45, 7) is -2.18. The third-order valence-corrected chi connectivity index (χ3v) is 5.15. The molecule has 38 heavy (non-hydrogen) atoms. The molecule has 0 amide bonds. The summed E-state index contributed by atoms with van der Waals surface area (Å²) in [4.78, 5) is 59.1. The minimum Gasteiger partial charge on any atom is -0.549 e. The van der Waals surface area contributed by atoms with Gasteiger partial charge in [0.2, 0.25) is 0 Å². The van der Waals surface area contributed by atoms with Gasteiger partial charge in [-0.15, -0.1) is 0 Å². The number of nitrogens with zero attached hydrogens (tertiary/aromatic N) is 3. The quantitative estimate of drug-likeness (QED) is 0.125. The number of rotatable bonds is 20. The average Bonchev–Trinajstić information content (AvgIpc) is 2.76. The smallest absolute Gasteiger partial charge is 0.549 e. The number of carboxylic acid groups (broad SMARTS) is 5. The number of ether oxygens (including phenoxy) is 1. The van der Waals surface area contributed by atoms with Crippen LogP contribution in [0.2, 0.25) is 0 Å². The first-order valence-electron chi connectivity index (χ1n) is 11.3. The minimum absolute atomic E-state index is 0. The van der Waals surface area contributed by atoms with Crippen molar-refractivity contribution in [3.05, 3.63) is 29.8 Å². The third-order valence-electron chi connectivity index (χ3n) is 5.15. The van der Waals surface area contributed by atoms with Crippen LogP contribution in [0.4, 0.5) is 0 Å². The number of carbonyl (C=O) groups is 5. The predicted molar refractivity (Wildman–Crippen MR) is 115 cm³/mol. The Labute approximate surface area is 251 Å². The van der Waals surface area contributed by atoms with Gasteiger partial charge < -0.3 is 54.2 Å². The van der Waals surface area contributed by atoms with E-state index >= 15 is 0 Å². The van der Waals surface area contributed by atoms with Gasteiger partial charge >= 0.3 is 39.9 Å². The van der Waals surface area contributed by atoms with E-state index in [2.05, 4.69) is 0 Å². The van der Waals surface area contributed by atoms with E-state index in [1.807, 2.05) is 0 Å². The number of aliphatic carboxylic acids is 5. The number of carboxylic acids is 5. The topological polar surface area (TPSA) is 220 Å². The fourth-order valence-corrected chi connectivity index (χ4v) is 3.69. The molecule has 0 aliphatic rings. The Hall–Kier alpha value is -2.43. The van der Waals surface area contributed by atoms with E-state index < -0.39 is 68.6 Å². The molecular formula is C23H28GdN3O11-2. The first-order chi connectivity index (χ1) is 17.4. The Kier molecular flexibility index (Phi) is 17.6. The Morgan fingerprint density at radius 3 is 1.55 bits per heavy atom. The molecule has 0 fully saturated rings. The summed E-state index contributed by atoms with van der Waals surface area (Å²) in [5.41, 5.74) is 0.652. The van der Waals surface area contributed by atoms with Crippen molar-refractivity contribution in [2.24, 2.45) is 0 Å². The summed E-state index contributed by atoms with van der Waals surface area (Å²) < 4.78 is 5.38. The van der Waals surface area contributed by atoms with E-state index in [0.29, 0.717) is 17.9 Å². The Morgan fingerprint density at radius 2 is 1.13 bits per heavy atom. The van der Waals surface area contributed by atoms with E-state index in [4.69, 9.17) is 4.74 Å². The molecule has 0 spiro atoms. The summed E-state index contributed by atoms with van der Waals surface area (Å²) in [5.74, 6) is -7.21. The average molecular weight is 680 g/mol. The normalized spacial score (nSPS) is 11.7. The molecular weight excluding hydrogens is 652 g/mol. The van der Waals surface area contributed by atoms with Crippen molar-refractivity contribution in [3.8, 4) is 5.75 Å². The summed E-state index contributed by atoms with van der Waals surface area (Å²) in [6, 6.07) is 5.80. The molecule has 1 aromatic carbocycles. The second-order valence-corrected chi connectivity index (χ2v) is 8.15. The maximum absolute atomic E-state index is 11.4. The Balaban J connectivity index is 0.0000137. The Morgan fingerprint density at radius 1 is 0.711 bits per heavy atom. The van der Waals surface area contributed by atoms with Gasteiger partial charge in [-0.1, -0.05) is 12.1 Å². The maximum atomic E-state index is 11.4. The maximum Gasteiger partial charge on any atom is 3.00 e. The fraction of sp³-hybridized carbons (Fsp3) is 0.522. The van der Waals surface area contributed by atoms with Crippen LogP contribution in [-0.4, -0.2) is 110 Å². The van der Waals surface area contributed by atoms with Crippen LogP contribution in [-0.2, 0) is 30.4 Å². The van der Waals surface area contributed by atoms with Crippen LogP contribution in [0, 0.1) is 39.9 Å². The SMILES string of the molecule is CCOc1ccc(CC(CN(CCN(CC(=O)[O-])CC(=O)[O-])CC(=O)[O-])N(CC(=O)[O-])CC(=O)[O-])cc1.[Gd+3]. The minimum atomic E-state index is -1.57. The van der Waals surface area contributed by atoms with E-state index in [9.17, 15) is 49.5 Å². The molecule has 211 valence electrons. The van der Waals surface area contributed by atoms with Gasteiger partial charge in [0.1, 0.15) is 5.75 Å². The van der Waals surface area contributed by atoms with Gasteiger partial charge in [-0.05, 0) is 31.0 Å². The largest absolute Gasteiger partial charge is 3.00 e. The van der Waals surface area contributed by atoms with Crippen LogP contribution in [0.3, 0.4) is 0 Å². The summed E-state index contributed by atoms with van der Waals surface area (Å²) in [6.07, 6.45) is 0.0817. The second kappa shape index (κ2) is 18.8. The number of carbonyl (C=O) groups excluding carboxylic acids is 5. The van der Waals surface area contributed by atoms with Gasteiger partial charge in [0.25, 0.3) is 0 Å². The van der Waals surface area contributed by atoms with Crippen molar-refractivity contribution in [1.29, 1.82) is 0 Å². The molecule has 0 saturated heterocycles. The number of benzene rings is 1. The molecule has 1 aromatic rings. The van der Waals surface area contributed by atoms with Crippen molar-refractivity contribution < 1.29 is 94.2 Å². The summed E-state index contributed by atoms with van der Waals surface area (Å²) in [7, 11) is 0. The second-order valence-electron chi connectivity index (χ2n) is 8.15. The molecule has 0 aliphatic carbocycles.